The van der Waals surface area contributed by atoms with E-state index < -0.39 is 0 Å². The van der Waals surface area contributed by atoms with Gasteiger partial charge in [0.05, 0.1) is 30.7 Å². The fraction of sp³-hybridized carbons (Fsp3) is 0.318. The summed E-state index contributed by atoms with van der Waals surface area (Å²) in [4.78, 5) is 12.4. The summed E-state index contributed by atoms with van der Waals surface area (Å²) in [5, 5.41) is 12.6. The van der Waals surface area contributed by atoms with Crippen LogP contribution in [0.3, 0.4) is 0 Å². The molecule has 0 bridgehead atoms. The maximum Gasteiger partial charge on any atom is 0.234 e. The molecule has 0 spiro atoms. The second-order valence-electron chi connectivity index (χ2n) is 6.69. The Bertz CT molecular complexity index is 1060. The third kappa shape index (κ3) is 5.93. The number of para-hydroxylation sites is 1. The lowest BCUT2D eigenvalue weighted by molar-refractivity contribution is -0.113. The molecule has 1 N–H and O–H groups in total. The van der Waals surface area contributed by atoms with Crippen molar-refractivity contribution in [3.63, 3.8) is 0 Å². The van der Waals surface area contributed by atoms with Gasteiger partial charge in [-0.05, 0) is 36.8 Å². The zero-order valence-electron chi connectivity index (χ0n) is 18.1. The summed E-state index contributed by atoms with van der Waals surface area (Å²) in [7, 11) is 4.84. The van der Waals surface area contributed by atoms with Gasteiger partial charge in [-0.1, -0.05) is 35.5 Å². The second kappa shape index (κ2) is 11.8. The number of anilines is 1. The van der Waals surface area contributed by atoms with E-state index in [0.717, 1.165) is 12.0 Å². The lowest BCUT2D eigenvalue weighted by Gasteiger charge is -2.12. The topological polar surface area (TPSA) is 87.5 Å². The molecule has 10 heteroatoms. The SMILES string of the molecule is COCCCn1c(SCC(=O)Nc2ccccc2Cl)nnc1-c1ccc(OC)c(OC)c1. The average molecular weight is 477 g/mol. The Hall–Kier alpha value is -2.75. The van der Waals surface area contributed by atoms with Gasteiger partial charge in [-0.15, -0.1) is 10.2 Å². The first-order valence-corrected chi connectivity index (χ1v) is 11.3. The molecule has 0 saturated heterocycles. The quantitative estimate of drug-likeness (QED) is 0.324. The van der Waals surface area contributed by atoms with Crippen molar-refractivity contribution in [2.75, 3.05) is 39.0 Å². The van der Waals surface area contributed by atoms with Crippen LogP contribution in [0.25, 0.3) is 11.4 Å². The van der Waals surface area contributed by atoms with Crippen molar-refractivity contribution in [3.8, 4) is 22.9 Å². The van der Waals surface area contributed by atoms with Crippen molar-refractivity contribution >= 4 is 35.0 Å². The third-order valence-corrected chi connectivity index (χ3v) is 5.87. The molecule has 8 nitrogen and oxygen atoms in total. The fourth-order valence-electron chi connectivity index (χ4n) is 3.03. The first-order chi connectivity index (χ1) is 15.6. The van der Waals surface area contributed by atoms with E-state index in [1.165, 1.54) is 11.8 Å². The molecule has 1 aromatic heterocycles. The number of aromatic nitrogens is 3. The summed E-state index contributed by atoms with van der Waals surface area (Å²) in [6.45, 7) is 1.24. The summed E-state index contributed by atoms with van der Waals surface area (Å²) in [5.41, 5.74) is 1.41. The van der Waals surface area contributed by atoms with Crippen molar-refractivity contribution in [1.82, 2.24) is 14.8 Å². The van der Waals surface area contributed by atoms with E-state index in [1.807, 2.05) is 34.9 Å². The number of hydrogen-bond donors (Lipinski definition) is 1. The van der Waals surface area contributed by atoms with Crippen LogP contribution < -0.4 is 14.8 Å². The Balaban J connectivity index is 1.79. The Kier molecular flexibility index (Phi) is 8.78. The minimum absolute atomic E-state index is 0.166. The molecule has 0 atom stereocenters. The van der Waals surface area contributed by atoms with Crippen molar-refractivity contribution < 1.29 is 19.0 Å². The Morgan fingerprint density at radius 3 is 2.59 bits per heavy atom. The number of thioether (sulfide) groups is 1. The smallest absolute Gasteiger partial charge is 0.234 e. The van der Waals surface area contributed by atoms with Gasteiger partial charge in [0.25, 0.3) is 0 Å². The highest BCUT2D eigenvalue weighted by atomic mass is 35.5. The van der Waals surface area contributed by atoms with E-state index in [4.69, 9.17) is 25.8 Å². The Labute approximate surface area is 196 Å². The lowest BCUT2D eigenvalue weighted by atomic mass is 10.2. The van der Waals surface area contributed by atoms with E-state index in [1.54, 1.807) is 33.5 Å². The molecule has 0 unspecified atom stereocenters. The zero-order chi connectivity index (χ0) is 22.9. The molecule has 0 saturated carbocycles. The minimum Gasteiger partial charge on any atom is -0.493 e. The minimum atomic E-state index is -0.179. The molecule has 1 amide bonds. The van der Waals surface area contributed by atoms with Crippen molar-refractivity contribution in [2.45, 2.75) is 18.1 Å². The summed E-state index contributed by atoms with van der Waals surface area (Å²) in [6, 6.07) is 12.7. The van der Waals surface area contributed by atoms with E-state index in [9.17, 15) is 4.79 Å². The third-order valence-electron chi connectivity index (χ3n) is 4.57. The molecule has 0 aliphatic heterocycles. The van der Waals surface area contributed by atoms with Crippen molar-refractivity contribution in [1.29, 1.82) is 0 Å². The molecule has 1 heterocycles. The zero-order valence-corrected chi connectivity index (χ0v) is 19.7. The van der Waals surface area contributed by atoms with Gasteiger partial charge in [0.2, 0.25) is 5.91 Å². The van der Waals surface area contributed by atoms with Crippen LogP contribution in [0.4, 0.5) is 5.69 Å². The number of amides is 1. The highest BCUT2D eigenvalue weighted by Crippen LogP contribution is 2.33. The number of ether oxygens (including phenoxy) is 3. The first kappa shape index (κ1) is 23.9. The van der Waals surface area contributed by atoms with Gasteiger partial charge >= 0.3 is 0 Å². The molecule has 0 aliphatic carbocycles. The van der Waals surface area contributed by atoms with Gasteiger partial charge in [-0.2, -0.15) is 0 Å². The summed E-state index contributed by atoms with van der Waals surface area (Å²) in [6.07, 6.45) is 0.772. The van der Waals surface area contributed by atoms with E-state index in [2.05, 4.69) is 15.5 Å². The van der Waals surface area contributed by atoms with Crippen LogP contribution in [0.2, 0.25) is 5.02 Å². The maximum atomic E-state index is 12.4. The normalized spacial score (nSPS) is 10.8. The second-order valence-corrected chi connectivity index (χ2v) is 8.04. The lowest BCUT2D eigenvalue weighted by Crippen LogP contribution is -2.15. The molecule has 3 rings (SSSR count). The standard InChI is InChI=1S/C22H25ClN4O4S/c1-29-12-6-11-27-21(15-9-10-18(30-2)19(13-15)31-3)25-26-22(27)32-14-20(28)24-17-8-5-4-7-16(17)23/h4-5,7-10,13H,6,11-12,14H2,1-3H3,(H,24,28). The average Bonchev–Trinajstić information content (AvgIpc) is 3.21. The van der Waals surface area contributed by atoms with E-state index in [0.29, 0.717) is 46.3 Å². The molecular formula is C22H25ClN4O4S. The predicted molar refractivity (Wildman–Crippen MR) is 126 cm³/mol. The van der Waals surface area contributed by atoms with Crippen LogP contribution in [-0.2, 0) is 16.1 Å². The fourth-order valence-corrected chi connectivity index (χ4v) is 3.98. The number of nitrogens with one attached hydrogen (secondary N) is 1. The van der Waals surface area contributed by atoms with Gasteiger partial charge in [0, 0.05) is 25.8 Å². The number of carbonyl (C=O) groups is 1. The number of halogens is 1. The molecule has 0 radical (unpaired) electrons. The highest BCUT2D eigenvalue weighted by Gasteiger charge is 2.17. The predicted octanol–water partition coefficient (Wildman–Crippen LogP) is 4.38. The molecule has 32 heavy (non-hydrogen) atoms. The number of hydrogen-bond acceptors (Lipinski definition) is 7. The molecule has 170 valence electrons. The number of benzene rings is 2. The number of rotatable bonds is 11. The highest BCUT2D eigenvalue weighted by molar-refractivity contribution is 7.99. The van der Waals surface area contributed by atoms with Gasteiger partial charge in [0.1, 0.15) is 0 Å². The number of nitrogens with zero attached hydrogens (tertiary/aromatic N) is 3. The van der Waals surface area contributed by atoms with Crippen LogP contribution in [0.1, 0.15) is 6.42 Å². The van der Waals surface area contributed by atoms with Gasteiger partial charge in [-0.25, -0.2) is 0 Å². The number of carbonyl (C=O) groups excluding carboxylic acids is 1. The van der Waals surface area contributed by atoms with Crippen LogP contribution in [0, 0.1) is 0 Å². The van der Waals surface area contributed by atoms with Crippen molar-refractivity contribution in [2.24, 2.45) is 0 Å². The van der Waals surface area contributed by atoms with E-state index >= 15 is 0 Å². The van der Waals surface area contributed by atoms with E-state index in [-0.39, 0.29) is 11.7 Å². The largest absolute Gasteiger partial charge is 0.493 e. The molecule has 0 fully saturated rings. The van der Waals surface area contributed by atoms with Gasteiger partial charge in [0.15, 0.2) is 22.5 Å². The van der Waals surface area contributed by atoms with Crippen LogP contribution in [0.15, 0.2) is 47.6 Å². The van der Waals surface area contributed by atoms with Crippen LogP contribution >= 0.6 is 23.4 Å². The molecule has 3 aromatic rings. The molecule has 2 aromatic carbocycles. The molecular weight excluding hydrogens is 452 g/mol. The van der Waals surface area contributed by atoms with Crippen molar-refractivity contribution in [3.05, 3.63) is 47.5 Å². The summed E-state index contributed by atoms with van der Waals surface area (Å²) < 4.78 is 17.9. The summed E-state index contributed by atoms with van der Waals surface area (Å²) >= 11 is 7.43. The van der Waals surface area contributed by atoms with Gasteiger partial charge < -0.3 is 24.1 Å². The summed E-state index contributed by atoms with van der Waals surface area (Å²) in [5.74, 6) is 1.90. The number of methoxy groups -OCH3 is 3. The van der Waals surface area contributed by atoms with Gasteiger partial charge in [-0.3, -0.25) is 4.79 Å². The maximum absolute atomic E-state index is 12.4. The molecule has 0 aliphatic rings. The Morgan fingerprint density at radius 2 is 1.88 bits per heavy atom. The van der Waals surface area contributed by atoms with Crippen LogP contribution in [-0.4, -0.2) is 54.4 Å². The monoisotopic (exact) mass is 476 g/mol. The first-order valence-electron chi connectivity index (χ1n) is 9.89. The van der Waals surface area contributed by atoms with Crippen LogP contribution in [0.5, 0.6) is 11.5 Å². The Morgan fingerprint density at radius 1 is 1.09 bits per heavy atom.